The summed E-state index contributed by atoms with van der Waals surface area (Å²) in [6.07, 6.45) is 3.70. The smallest absolute Gasteiger partial charge is 0.234 e. The number of carbonyl (C=O) groups is 1. The van der Waals surface area contributed by atoms with Gasteiger partial charge in [-0.15, -0.1) is 0 Å². The summed E-state index contributed by atoms with van der Waals surface area (Å²) in [5.41, 5.74) is 1.31. The van der Waals surface area contributed by atoms with Gasteiger partial charge in [0.2, 0.25) is 11.8 Å². The van der Waals surface area contributed by atoms with Crippen molar-refractivity contribution >= 4 is 5.91 Å². The predicted molar refractivity (Wildman–Crippen MR) is 79.4 cm³/mol. The maximum absolute atomic E-state index is 13.2. The van der Waals surface area contributed by atoms with E-state index in [1.807, 2.05) is 11.9 Å². The lowest BCUT2D eigenvalue weighted by Gasteiger charge is -2.14. The van der Waals surface area contributed by atoms with Gasteiger partial charge in [-0.25, -0.2) is 9.37 Å². The average Bonchev–Trinajstić information content (AvgIpc) is 3.14. The summed E-state index contributed by atoms with van der Waals surface area (Å²) >= 11 is 0. The Bertz CT molecular complexity index is 667. The van der Waals surface area contributed by atoms with Crippen LogP contribution in [0.3, 0.4) is 0 Å². The van der Waals surface area contributed by atoms with Gasteiger partial charge in [0.25, 0.3) is 0 Å². The number of nitrogens with one attached hydrogen (secondary N) is 1. The minimum absolute atomic E-state index is 0.0267. The van der Waals surface area contributed by atoms with Crippen LogP contribution in [0.5, 0.6) is 0 Å². The molecule has 1 fully saturated rings. The van der Waals surface area contributed by atoms with Crippen LogP contribution in [0, 0.1) is 5.82 Å². The Morgan fingerprint density at radius 1 is 1.50 bits per heavy atom. The molecule has 1 aliphatic rings. The van der Waals surface area contributed by atoms with Gasteiger partial charge in [0.15, 0.2) is 0 Å². The van der Waals surface area contributed by atoms with Crippen LogP contribution in [0.15, 0.2) is 34.9 Å². The first-order valence-electron chi connectivity index (χ1n) is 7.28. The Balaban J connectivity index is 1.57. The van der Waals surface area contributed by atoms with E-state index in [0.29, 0.717) is 36.3 Å². The molecule has 22 heavy (non-hydrogen) atoms. The van der Waals surface area contributed by atoms with E-state index in [-0.39, 0.29) is 11.7 Å². The first-order valence-corrected chi connectivity index (χ1v) is 7.28. The Hall–Kier alpha value is -2.21. The molecule has 2 aromatic rings. The standard InChI is InChI=1S/C16H18FN3O2/c1-20(9-15(21)18-13-5-6-13)8-14-10-22-16(19-14)11-3-2-4-12(17)7-11/h2-4,7,10,13H,5-6,8-9H2,1H3,(H,18,21). The number of hydrogen-bond acceptors (Lipinski definition) is 4. The van der Waals surface area contributed by atoms with Gasteiger partial charge in [-0.05, 0) is 38.1 Å². The number of benzene rings is 1. The molecule has 1 amide bonds. The lowest BCUT2D eigenvalue weighted by atomic mass is 10.2. The Labute approximate surface area is 128 Å². The monoisotopic (exact) mass is 303 g/mol. The minimum atomic E-state index is -0.328. The van der Waals surface area contributed by atoms with Gasteiger partial charge < -0.3 is 9.73 Å². The molecule has 0 atom stereocenters. The van der Waals surface area contributed by atoms with Gasteiger partial charge in [0.1, 0.15) is 12.1 Å². The summed E-state index contributed by atoms with van der Waals surface area (Å²) in [4.78, 5) is 17.9. The molecular weight excluding hydrogens is 285 g/mol. The molecule has 5 nitrogen and oxygen atoms in total. The Morgan fingerprint density at radius 2 is 2.32 bits per heavy atom. The third-order valence-corrected chi connectivity index (χ3v) is 3.41. The third-order valence-electron chi connectivity index (χ3n) is 3.41. The third kappa shape index (κ3) is 3.92. The largest absolute Gasteiger partial charge is 0.444 e. The molecule has 0 bridgehead atoms. The van der Waals surface area contributed by atoms with Gasteiger partial charge >= 0.3 is 0 Å². The van der Waals surface area contributed by atoms with Crippen molar-refractivity contribution in [2.75, 3.05) is 13.6 Å². The van der Waals surface area contributed by atoms with Crippen molar-refractivity contribution < 1.29 is 13.6 Å². The molecule has 3 rings (SSSR count). The number of aromatic nitrogens is 1. The first-order chi connectivity index (χ1) is 10.6. The number of oxazole rings is 1. The minimum Gasteiger partial charge on any atom is -0.444 e. The zero-order valence-electron chi connectivity index (χ0n) is 12.4. The molecule has 1 aromatic carbocycles. The number of hydrogen-bond donors (Lipinski definition) is 1. The molecule has 6 heteroatoms. The number of carbonyl (C=O) groups excluding carboxylic acids is 1. The molecule has 1 N–H and O–H groups in total. The summed E-state index contributed by atoms with van der Waals surface area (Å²) in [5.74, 6) is 0.0790. The van der Waals surface area contributed by atoms with Crippen molar-refractivity contribution in [1.29, 1.82) is 0 Å². The summed E-state index contributed by atoms with van der Waals surface area (Å²) in [5, 5.41) is 2.94. The van der Waals surface area contributed by atoms with Gasteiger partial charge in [-0.1, -0.05) is 6.07 Å². The van der Waals surface area contributed by atoms with E-state index in [1.165, 1.54) is 18.4 Å². The van der Waals surface area contributed by atoms with Gasteiger partial charge in [-0.3, -0.25) is 9.69 Å². The summed E-state index contributed by atoms with van der Waals surface area (Å²) in [7, 11) is 1.85. The van der Waals surface area contributed by atoms with E-state index in [9.17, 15) is 9.18 Å². The Kier molecular flexibility index (Phi) is 4.20. The second kappa shape index (κ2) is 6.27. The van der Waals surface area contributed by atoms with E-state index in [1.54, 1.807) is 12.1 Å². The average molecular weight is 303 g/mol. The second-order valence-electron chi connectivity index (χ2n) is 5.67. The zero-order chi connectivity index (χ0) is 15.5. The van der Waals surface area contributed by atoms with Crippen LogP contribution in [0.25, 0.3) is 11.5 Å². The van der Waals surface area contributed by atoms with Gasteiger partial charge in [0, 0.05) is 18.2 Å². The van der Waals surface area contributed by atoms with E-state index in [4.69, 9.17) is 4.42 Å². The molecule has 1 aromatic heterocycles. The number of rotatable bonds is 6. The predicted octanol–water partition coefficient (Wildman–Crippen LogP) is 2.19. The van der Waals surface area contributed by atoms with E-state index >= 15 is 0 Å². The van der Waals surface area contributed by atoms with Crippen LogP contribution in [0.1, 0.15) is 18.5 Å². The van der Waals surface area contributed by atoms with Crippen molar-refractivity contribution in [3.63, 3.8) is 0 Å². The van der Waals surface area contributed by atoms with Crippen molar-refractivity contribution in [1.82, 2.24) is 15.2 Å². The molecule has 0 aliphatic heterocycles. The normalized spacial score (nSPS) is 14.3. The highest BCUT2D eigenvalue weighted by Crippen LogP contribution is 2.20. The molecule has 0 unspecified atom stereocenters. The molecular formula is C16H18FN3O2. The molecule has 0 spiro atoms. The number of nitrogens with zero attached hydrogens (tertiary/aromatic N) is 2. The highest BCUT2D eigenvalue weighted by atomic mass is 19.1. The number of likely N-dealkylation sites (N-methyl/N-ethyl adjacent to an activating group) is 1. The topological polar surface area (TPSA) is 58.4 Å². The second-order valence-corrected chi connectivity index (χ2v) is 5.67. The molecule has 0 radical (unpaired) electrons. The fourth-order valence-corrected chi connectivity index (χ4v) is 2.21. The first kappa shape index (κ1) is 14.7. The van der Waals surface area contributed by atoms with Crippen molar-refractivity contribution in [3.8, 4) is 11.5 Å². The molecule has 116 valence electrons. The van der Waals surface area contributed by atoms with E-state index < -0.39 is 0 Å². The molecule has 0 saturated heterocycles. The van der Waals surface area contributed by atoms with Crippen molar-refractivity contribution in [2.24, 2.45) is 0 Å². The van der Waals surface area contributed by atoms with E-state index in [0.717, 1.165) is 12.8 Å². The summed E-state index contributed by atoms with van der Waals surface area (Å²) in [6, 6.07) is 6.48. The Morgan fingerprint density at radius 3 is 3.05 bits per heavy atom. The molecule has 1 heterocycles. The number of halogens is 1. The maximum atomic E-state index is 13.2. The van der Waals surface area contributed by atoms with Gasteiger partial charge in [0.05, 0.1) is 12.2 Å². The quantitative estimate of drug-likeness (QED) is 0.889. The SMILES string of the molecule is CN(CC(=O)NC1CC1)Cc1coc(-c2cccc(F)c2)n1. The van der Waals surface area contributed by atoms with Gasteiger partial charge in [-0.2, -0.15) is 0 Å². The van der Waals surface area contributed by atoms with Crippen LogP contribution in [-0.2, 0) is 11.3 Å². The lowest BCUT2D eigenvalue weighted by Crippen LogP contribution is -2.35. The highest BCUT2D eigenvalue weighted by molar-refractivity contribution is 5.78. The maximum Gasteiger partial charge on any atom is 0.234 e. The van der Waals surface area contributed by atoms with Crippen LogP contribution in [0.2, 0.25) is 0 Å². The fourth-order valence-electron chi connectivity index (χ4n) is 2.21. The van der Waals surface area contributed by atoms with Crippen LogP contribution < -0.4 is 5.32 Å². The van der Waals surface area contributed by atoms with E-state index in [2.05, 4.69) is 10.3 Å². The lowest BCUT2D eigenvalue weighted by molar-refractivity contribution is -0.122. The summed E-state index contributed by atoms with van der Waals surface area (Å²) in [6.45, 7) is 0.815. The molecule has 1 saturated carbocycles. The summed E-state index contributed by atoms with van der Waals surface area (Å²) < 4.78 is 18.6. The van der Waals surface area contributed by atoms with Crippen molar-refractivity contribution in [3.05, 3.63) is 42.0 Å². The fraction of sp³-hybridized carbons (Fsp3) is 0.375. The highest BCUT2D eigenvalue weighted by Gasteiger charge is 2.23. The molecule has 1 aliphatic carbocycles. The number of amides is 1. The van der Waals surface area contributed by atoms with Crippen LogP contribution in [0.4, 0.5) is 4.39 Å². The van der Waals surface area contributed by atoms with Crippen molar-refractivity contribution in [2.45, 2.75) is 25.4 Å². The van der Waals surface area contributed by atoms with Crippen LogP contribution in [-0.4, -0.2) is 35.4 Å². The van der Waals surface area contributed by atoms with Crippen LogP contribution >= 0.6 is 0 Å². The zero-order valence-corrected chi connectivity index (χ0v) is 12.4.